The summed E-state index contributed by atoms with van der Waals surface area (Å²) in [5, 5.41) is 0. The summed E-state index contributed by atoms with van der Waals surface area (Å²) in [7, 11) is 0. The second kappa shape index (κ2) is 19.3. The van der Waals surface area contributed by atoms with Crippen molar-refractivity contribution >= 4 is 53.5 Å². The Bertz CT molecular complexity index is 1690. The van der Waals surface area contributed by atoms with Crippen molar-refractivity contribution in [2.24, 2.45) is 46.3 Å². The molecule has 9 aliphatic rings. The summed E-state index contributed by atoms with van der Waals surface area (Å²) in [4.78, 5) is 3.89. The van der Waals surface area contributed by atoms with E-state index in [1.54, 1.807) is 11.4 Å². The molecule has 334 valence electrons. The zero-order valence-corrected chi connectivity index (χ0v) is 42.7. The monoisotopic (exact) mass is 1010 g/mol. The first-order valence-corrected chi connectivity index (χ1v) is 28.0. The van der Waals surface area contributed by atoms with Crippen molar-refractivity contribution in [2.75, 3.05) is 26.3 Å². The van der Waals surface area contributed by atoms with Crippen molar-refractivity contribution in [3.63, 3.8) is 0 Å². The van der Waals surface area contributed by atoms with E-state index in [2.05, 4.69) is 109 Å². The molecule has 0 aromatic rings. The molecule has 1 saturated heterocycles. The molecule has 7 aliphatic carbocycles. The van der Waals surface area contributed by atoms with Crippen LogP contribution in [-0.2, 0) is 9.47 Å². The summed E-state index contributed by atoms with van der Waals surface area (Å²) in [6.45, 7) is 14.1. The summed E-state index contributed by atoms with van der Waals surface area (Å²) in [6.07, 6.45) is 40.5. The van der Waals surface area contributed by atoms with E-state index >= 15 is 0 Å². The molecule has 0 amide bonds. The Hall–Kier alpha value is -0.210. The Morgan fingerprint density at radius 1 is 0.633 bits per heavy atom. The minimum atomic E-state index is 0.170. The Kier molecular flexibility index (Phi) is 14.5. The van der Waals surface area contributed by atoms with E-state index < -0.39 is 0 Å². The van der Waals surface area contributed by atoms with Crippen molar-refractivity contribution in [1.29, 1.82) is 0 Å². The van der Waals surface area contributed by atoms with Crippen LogP contribution in [0.1, 0.15) is 169 Å². The number of alkyl halides is 2. The number of likely N-dealkylation sites (tertiary alicyclic amines) is 1. The van der Waals surface area contributed by atoms with Gasteiger partial charge in [0.15, 0.2) is 18.3 Å². The quantitative estimate of drug-likeness (QED) is 0.152. The molecule has 12 unspecified atom stereocenters. The second-order valence-electron chi connectivity index (χ2n) is 22.5. The van der Waals surface area contributed by atoms with E-state index in [0.29, 0.717) is 33.9 Å². The highest BCUT2D eigenvalue weighted by Gasteiger charge is 2.58. The fourth-order valence-corrected chi connectivity index (χ4v) is 17.2. The summed E-state index contributed by atoms with van der Waals surface area (Å²) in [6, 6.07) is 1.30. The first-order chi connectivity index (χ1) is 29.0. The molecule has 12 atom stereocenters. The van der Waals surface area contributed by atoms with Crippen LogP contribution in [0.25, 0.3) is 0 Å². The van der Waals surface area contributed by atoms with Crippen LogP contribution in [0.15, 0.2) is 45.6 Å². The van der Waals surface area contributed by atoms with Gasteiger partial charge in [-0.15, -0.1) is 0 Å². The highest BCUT2D eigenvalue weighted by atomic mass is 79.9. The highest BCUT2D eigenvalue weighted by molar-refractivity contribution is 9.12. The lowest BCUT2D eigenvalue weighted by atomic mass is 9.60. The first kappa shape index (κ1) is 45.0. The number of rotatable bonds is 11. The summed E-state index contributed by atoms with van der Waals surface area (Å²) < 4.78 is 17.6. The normalized spacial score (nSPS) is 41.6. The third-order valence-corrected chi connectivity index (χ3v) is 21.7. The molecule has 7 fully saturated rings. The summed E-state index contributed by atoms with van der Waals surface area (Å²) in [5.41, 5.74) is 6.42. The molecule has 0 aromatic heterocycles. The number of fused-ring (bicyclic) bond motifs is 4. The van der Waals surface area contributed by atoms with Gasteiger partial charge >= 0.3 is 0 Å². The van der Waals surface area contributed by atoms with Gasteiger partial charge in [-0.1, -0.05) is 144 Å². The molecule has 9 rings (SSSR count). The molecule has 60 heavy (non-hydrogen) atoms. The standard InChI is InChI=1S/C53H80Br3N2O2/c1-52(2)41-31-37-13-5-7-15-39(37)33-45(41)57(27-29-59-47-19-11-9-17-43(47)54)49(52)25-23-35-21-22-36(51(35)56)24-26-50-53(3,4)42-32-38-14-6-8-16-40(38)34-46(42)58(50)28-30-60-48-20-12-10-18-44(48)55/h23-26,37-48H,5-22,27-34H2,1-4H3/q+1. The fraction of sp³-hybridized carbons (Fsp3) is 0.830. The Labute approximate surface area is 391 Å². The maximum atomic E-state index is 6.70. The van der Waals surface area contributed by atoms with Crippen LogP contribution in [0.5, 0.6) is 0 Å². The predicted octanol–water partition coefficient (Wildman–Crippen LogP) is 14.2. The van der Waals surface area contributed by atoms with Crippen LogP contribution in [0.4, 0.5) is 0 Å². The molecule has 4 nitrogen and oxygen atoms in total. The first-order valence-electron chi connectivity index (χ1n) is 25.4. The van der Waals surface area contributed by atoms with Crippen LogP contribution < -0.4 is 0 Å². The number of hydrogen-bond acceptors (Lipinski definition) is 3. The molecule has 0 bridgehead atoms. The molecule has 2 aliphatic heterocycles. The number of ether oxygens (including phenoxy) is 2. The zero-order valence-electron chi connectivity index (χ0n) is 38.0. The minimum absolute atomic E-state index is 0.170. The van der Waals surface area contributed by atoms with Crippen LogP contribution in [0, 0.1) is 46.3 Å². The fourth-order valence-electron chi connectivity index (χ4n) is 15.1. The molecule has 0 radical (unpaired) electrons. The molecule has 7 heteroatoms. The second-order valence-corrected chi connectivity index (χ2v) is 25.6. The lowest BCUT2D eigenvalue weighted by Gasteiger charge is -2.45. The topological polar surface area (TPSA) is 24.7 Å². The Morgan fingerprint density at radius 3 is 1.85 bits per heavy atom. The molecular formula is C53H80Br3N2O2+. The van der Waals surface area contributed by atoms with Gasteiger partial charge in [0.05, 0.1) is 24.2 Å². The van der Waals surface area contributed by atoms with Crippen LogP contribution >= 0.6 is 47.8 Å². The van der Waals surface area contributed by atoms with Gasteiger partial charge < -0.3 is 14.4 Å². The Morgan fingerprint density at radius 2 is 1.20 bits per heavy atom. The third kappa shape index (κ3) is 9.14. The predicted molar refractivity (Wildman–Crippen MR) is 261 cm³/mol. The van der Waals surface area contributed by atoms with Gasteiger partial charge in [-0.2, -0.15) is 0 Å². The largest absolute Gasteiger partial charge is 0.375 e. The smallest absolute Gasteiger partial charge is 0.182 e. The number of hydrogen-bond donors (Lipinski definition) is 0. The van der Waals surface area contributed by atoms with E-state index in [-0.39, 0.29) is 10.8 Å². The summed E-state index contributed by atoms with van der Waals surface area (Å²) in [5.74, 6) is 5.17. The molecule has 2 heterocycles. The average Bonchev–Trinajstić information content (AvgIpc) is 3.77. The number of halogens is 3. The number of nitrogens with zero attached hydrogens (tertiary/aromatic N) is 2. The van der Waals surface area contributed by atoms with Gasteiger partial charge in [0.1, 0.15) is 6.61 Å². The third-order valence-electron chi connectivity index (χ3n) is 18.5. The van der Waals surface area contributed by atoms with Crippen molar-refractivity contribution < 1.29 is 14.0 Å². The highest BCUT2D eigenvalue weighted by Crippen LogP contribution is 2.58. The van der Waals surface area contributed by atoms with Crippen molar-refractivity contribution in [2.45, 2.75) is 203 Å². The zero-order chi connectivity index (χ0) is 41.6. The molecular weight excluding hydrogens is 936 g/mol. The maximum absolute atomic E-state index is 6.70. The van der Waals surface area contributed by atoms with E-state index in [1.165, 1.54) is 144 Å². The maximum Gasteiger partial charge on any atom is 0.182 e. The van der Waals surface area contributed by atoms with Crippen molar-refractivity contribution in [3.8, 4) is 0 Å². The SMILES string of the molecule is CC1(C)C(/C=C/C2=C(Br)C(=C/C=C3/N(CCOC4CCCCC4Br)C4CC5CCCCC5CC4C3(C)C)/CC2)=[N+](CCOC2CCCCC2Br)C2CC3CCCCC3CC21. The van der Waals surface area contributed by atoms with Gasteiger partial charge in [0, 0.05) is 56.3 Å². The Balaban J connectivity index is 0.962. The van der Waals surface area contributed by atoms with Crippen LogP contribution in [0.3, 0.4) is 0 Å². The molecule has 0 aromatic carbocycles. The number of allylic oxidation sites excluding steroid dienone is 8. The van der Waals surface area contributed by atoms with E-state index in [9.17, 15) is 0 Å². The van der Waals surface area contributed by atoms with Crippen LogP contribution in [0.2, 0.25) is 0 Å². The lowest BCUT2D eigenvalue weighted by Crippen LogP contribution is -2.43. The van der Waals surface area contributed by atoms with Gasteiger partial charge in [-0.25, -0.2) is 4.58 Å². The van der Waals surface area contributed by atoms with E-state index in [1.807, 2.05) is 0 Å². The van der Waals surface area contributed by atoms with E-state index in [4.69, 9.17) is 9.47 Å². The van der Waals surface area contributed by atoms with Crippen molar-refractivity contribution in [1.82, 2.24) is 4.90 Å². The minimum Gasteiger partial charge on any atom is -0.375 e. The molecule has 0 spiro atoms. The van der Waals surface area contributed by atoms with E-state index in [0.717, 1.165) is 74.7 Å². The van der Waals surface area contributed by atoms with Gasteiger partial charge in [-0.05, 0) is 125 Å². The van der Waals surface area contributed by atoms with Gasteiger partial charge in [-0.3, -0.25) is 0 Å². The molecule has 6 saturated carbocycles. The van der Waals surface area contributed by atoms with Crippen molar-refractivity contribution in [3.05, 3.63) is 45.6 Å². The summed E-state index contributed by atoms with van der Waals surface area (Å²) >= 11 is 12.2. The molecule has 0 N–H and O–H groups in total. The lowest BCUT2D eigenvalue weighted by molar-refractivity contribution is -0.571. The van der Waals surface area contributed by atoms with Crippen LogP contribution in [-0.4, -0.2) is 75.4 Å². The average molecular weight is 1020 g/mol. The van der Waals surface area contributed by atoms with Gasteiger partial charge in [0.25, 0.3) is 0 Å². The van der Waals surface area contributed by atoms with Gasteiger partial charge in [0.2, 0.25) is 0 Å².